The fourth-order valence-electron chi connectivity index (χ4n) is 6.05. The summed E-state index contributed by atoms with van der Waals surface area (Å²) in [5.41, 5.74) is 22.9. The number of unbranched alkanes of at least 4 members (excludes halogenated alkanes) is 1. The quantitative estimate of drug-likeness (QED) is 0.0345. The van der Waals surface area contributed by atoms with Gasteiger partial charge in [-0.2, -0.15) is 0 Å². The molecule has 0 heterocycles. The van der Waals surface area contributed by atoms with Crippen molar-refractivity contribution in [2.45, 2.75) is 134 Å². The summed E-state index contributed by atoms with van der Waals surface area (Å²) in [6.45, 7) is 6.77. The van der Waals surface area contributed by atoms with Gasteiger partial charge in [-0.1, -0.05) is 46.2 Å². The molecule has 0 unspecified atom stereocenters. The van der Waals surface area contributed by atoms with Gasteiger partial charge in [0, 0.05) is 12.8 Å². The van der Waals surface area contributed by atoms with Crippen LogP contribution in [0, 0.1) is 11.8 Å². The van der Waals surface area contributed by atoms with Crippen molar-refractivity contribution in [3.05, 3.63) is 29.8 Å². The molecule has 63 heavy (non-hydrogen) atoms. The van der Waals surface area contributed by atoms with Gasteiger partial charge in [0.15, 0.2) is 0 Å². The highest BCUT2D eigenvalue weighted by Crippen LogP contribution is 2.14. The van der Waals surface area contributed by atoms with E-state index in [1.165, 1.54) is 12.1 Å². The number of aliphatic carboxylic acids is 2. The van der Waals surface area contributed by atoms with E-state index >= 15 is 0 Å². The van der Waals surface area contributed by atoms with E-state index in [1.807, 2.05) is 0 Å². The van der Waals surface area contributed by atoms with Gasteiger partial charge in [0.05, 0.1) is 12.5 Å². The zero-order chi connectivity index (χ0) is 48.0. The molecular formula is C40H64N10O13. The lowest BCUT2D eigenvalue weighted by atomic mass is 9.96. The highest BCUT2D eigenvalue weighted by atomic mass is 16.4. The average molecular weight is 893 g/mol. The highest BCUT2D eigenvalue weighted by molar-refractivity contribution is 5.98. The van der Waals surface area contributed by atoms with Crippen molar-refractivity contribution < 1.29 is 63.3 Å². The number of carbonyl (C=O) groups is 10. The van der Waals surface area contributed by atoms with Crippen LogP contribution in [0.15, 0.2) is 24.3 Å². The molecule has 0 aliphatic rings. The van der Waals surface area contributed by atoms with Gasteiger partial charge in [0.25, 0.3) is 0 Å². The number of carboxylic acid groups (broad SMARTS) is 2. The minimum Gasteiger partial charge on any atom is -0.508 e. The monoisotopic (exact) mass is 892 g/mol. The van der Waals surface area contributed by atoms with Crippen molar-refractivity contribution >= 4 is 59.2 Å². The number of hydrogen-bond donors (Lipinski definition) is 13. The van der Waals surface area contributed by atoms with Crippen LogP contribution in [-0.4, -0.2) is 123 Å². The molecule has 0 radical (unpaired) electrons. The Kier molecular flexibility index (Phi) is 23.9. The molecule has 0 aliphatic carbocycles. The molecule has 8 amide bonds. The van der Waals surface area contributed by atoms with Gasteiger partial charge >= 0.3 is 11.9 Å². The highest BCUT2D eigenvalue weighted by Gasteiger charge is 2.36. The van der Waals surface area contributed by atoms with E-state index in [1.54, 1.807) is 39.8 Å². The molecule has 17 N–H and O–H groups in total. The number of carbonyl (C=O) groups excluding carboxylic acids is 8. The first-order valence-electron chi connectivity index (χ1n) is 20.6. The minimum atomic E-state index is -1.85. The Morgan fingerprint density at radius 1 is 0.603 bits per heavy atom. The molecule has 0 aromatic heterocycles. The Morgan fingerprint density at radius 3 is 1.60 bits per heavy atom. The largest absolute Gasteiger partial charge is 0.508 e. The molecule has 0 spiro atoms. The van der Waals surface area contributed by atoms with Crippen LogP contribution in [0.25, 0.3) is 0 Å². The zero-order valence-electron chi connectivity index (χ0n) is 36.0. The summed E-state index contributed by atoms with van der Waals surface area (Å²) in [5.74, 6) is -11.7. The number of benzene rings is 1. The van der Waals surface area contributed by atoms with E-state index in [0.717, 1.165) is 0 Å². The summed E-state index contributed by atoms with van der Waals surface area (Å²) in [6.07, 6.45) is -1.65. The second-order valence-electron chi connectivity index (χ2n) is 15.6. The number of rotatable bonds is 30. The van der Waals surface area contributed by atoms with E-state index in [-0.39, 0.29) is 18.6 Å². The Hall–Kier alpha value is -6.36. The van der Waals surface area contributed by atoms with Crippen LogP contribution in [0.2, 0.25) is 0 Å². The van der Waals surface area contributed by atoms with Crippen LogP contribution in [0.4, 0.5) is 0 Å². The van der Waals surface area contributed by atoms with Gasteiger partial charge in [-0.25, -0.2) is 4.79 Å². The number of phenolic OH excluding ortho intramolecular Hbond substituents is 1. The Balaban J connectivity index is 3.36. The second kappa shape index (κ2) is 27.6. The molecule has 23 heteroatoms. The van der Waals surface area contributed by atoms with Gasteiger partial charge in [-0.05, 0) is 74.6 Å². The van der Waals surface area contributed by atoms with Gasteiger partial charge in [-0.15, -0.1) is 0 Å². The van der Waals surface area contributed by atoms with Crippen molar-refractivity contribution in [1.82, 2.24) is 31.9 Å². The number of nitrogens with one attached hydrogen (secondary N) is 6. The van der Waals surface area contributed by atoms with Crippen LogP contribution >= 0.6 is 0 Å². The first-order valence-corrected chi connectivity index (χ1v) is 20.6. The summed E-state index contributed by atoms with van der Waals surface area (Å²) < 4.78 is 0. The summed E-state index contributed by atoms with van der Waals surface area (Å²) in [5, 5.41) is 43.0. The van der Waals surface area contributed by atoms with Gasteiger partial charge in [0.2, 0.25) is 47.3 Å². The molecule has 0 fully saturated rings. The molecule has 8 atom stereocenters. The molecule has 1 aromatic carbocycles. The Bertz CT molecular complexity index is 1760. The molecule has 23 nitrogen and oxygen atoms in total. The maximum atomic E-state index is 13.7. The maximum absolute atomic E-state index is 13.7. The van der Waals surface area contributed by atoms with Gasteiger partial charge in [0.1, 0.15) is 42.0 Å². The smallest absolute Gasteiger partial charge is 0.326 e. The lowest BCUT2D eigenvalue weighted by molar-refractivity contribution is -0.143. The fraction of sp³-hybridized carbons (Fsp3) is 0.600. The van der Waals surface area contributed by atoms with Crippen molar-refractivity contribution in [2.24, 2.45) is 34.8 Å². The van der Waals surface area contributed by atoms with Crippen LogP contribution in [0.3, 0.4) is 0 Å². The maximum Gasteiger partial charge on any atom is 0.326 e. The standard InChI is InChI=1S/C40H64N10O13/c1-5-21(4)33(50-34(56)24(42)18-22-9-11-23(51)12-10-22)39(61)46-26(14-16-31(54)55)35(57)48-28(19-30(44)53)37(59)45-25(13-15-29(43)52)36(58)49-32(20(2)3)38(60)47-27(40(62)63)8-6-7-17-41/h9-12,20-21,24-28,32-33,51H,5-8,13-19,41-42H2,1-4H3,(H2,43,52)(H2,44,53)(H,45,59)(H,46,61)(H,47,60)(H,48,57)(H,49,58)(H,50,56)(H,54,55)(H,62,63)/t21-,24-,25-,26-,27-,28-,32-,33-/m0/s1. The van der Waals surface area contributed by atoms with Crippen LogP contribution in [-0.2, 0) is 54.4 Å². The number of aromatic hydroxyl groups is 1. The van der Waals surface area contributed by atoms with Gasteiger partial charge in [-0.3, -0.25) is 43.2 Å². The number of primary amides is 2. The van der Waals surface area contributed by atoms with E-state index in [2.05, 4.69) is 31.9 Å². The molecule has 1 rings (SSSR count). The number of amides is 8. The molecule has 0 saturated heterocycles. The van der Waals surface area contributed by atoms with Crippen molar-refractivity contribution in [3.63, 3.8) is 0 Å². The first-order chi connectivity index (χ1) is 29.5. The summed E-state index contributed by atoms with van der Waals surface area (Å²) in [7, 11) is 0. The molecule has 352 valence electrons. The third-order valence-electron chi connectivity index (χ3n) is 9.96. The topological polar surface area (TPSA) is 408 Å². The van der Waals surface area contributed by atoms with E-state index in [0.29, 0.717) is 31.4 Å². The fourth-order valence-corrected chi connectivity index (χ4v) is 6.05. The van der Waals surface area contributed by atoms with Crippen LogP contribution in [0.5, 0.6) is 5.75 Å². The third kappa shape index (κ3) is 20.4. The predicted octanol–water partition coefficient (Wildman–Crippen LogP) is -2.91. The Morgan fingerprint density at radius 2 is 1.10 bits per heavy atom. The number of carboxylic acids is 2. The normalized spacial score (nSPS) is 14.8. The number of nitrogens with two attached hydrogens (primary N) is 4. The molecule has 0 bridgehead atoms. The van der Waals surface area contributed by atoms with Gasteiger partial charge < -0.3 is 70.2 Å². The summed E-state index contributed by atoms with van der Waals surface area (Å²) in [4.78, 5) is 129. The van der Waals surface area contributed by atoms with Crippen molar-refractivity contribution in [3.8, 4) is 5.75 Å². The second-order valence-corrected chi connectivity index (χ2v) is 15.6. The lowest BCUT2D eigenvalue weighted by Crippen LogP contribution is -2.61. The van der Waals surface area contributed by atoms with Crippen molar-refractivity contribution in [1.29, 1.82) is 0 Å². The van der Waals surface area contributed by atoms with Crippen LogP contribution in [0.1, 0.15) is 91.0 Å². The number of hydrogen-bond acceptors (Lipinski definition) is 13. The van der Waals surface area contributed by atoms with E-state index in [4.69, 9.17) is 22.9 Å². The van der Waals surface area contributed by atoms with Crippen molar-refractivity contribution in [2.75, 3.05) is 6.54 Å². The van der Waals surface area contributed by atoms with E-state index in [9.17, 15) is 63.3 Å². The molecule has 0 aliphatic heterocycles. The Labute approximate surface area is 364 Å². The number of phenols is 1. The summed E-state index contributed by atoms with van der Waals surface area (Å²) in [6, 6.07) is -4.29. The zero-order valence-corrected chi connectivity index (χ0v) is 36.0. The molecular weight excluding hydrogens is 828 g/mol. The van der Waals surface area contributed by atoms with E-state index < -0.39 is 145 Å². The minimum absolute atomic E-state index is 0.00303. The molecule has 1 aromatic rings. The lowest BCUT2D eigenvalue weighted by Gasteiger charge is -2.29. The molecule has 0 saturated carbocycles. The average Bonchev–Trinajstić information content (AvgIpc) is 3.20. The van der Waals surface area contributed by atoms with Crippen LogP contribution < -0.4 is 54.8 Å². The third-order valence-corrected chi connectivity index (χ3v) is 9.96. The first kappa shape index (κ1) is 54.7. The summed E-state index contributed by atoms with van der Waals surface area (Å²) >= 11 is 0. The SMILES string of the molecule is CC[C@H](C)[C@H](NC(=O)[C@@H](N)Cc1ccc(O)cc1)C(=O)N[C@@H](CCC(=O)O)C(=O)N[C@@H](CC(N)=O)C(=O)N[C@@H](CCC(N)=O)C(=O)N[C@H](C(=O)N[C@@H](CCCCN)C(=O)O)C(C)C. The predicted molar refractivity (Wildman–Crippen MR) is 225 cm³/mol.